The average Bonchev–Trinajstić information content (AvgIpc) is 2.65. The molecule has 0 radical (unpaired) electrons. The van der Waals surface area contributed by atoms with Crippen molar-refractivity contribution in [2.45, 2.75) is 16.7 Å². The van der Waals surface area contributed by atoms with Gasteiger partial charge in [-0.25, -0.2) is 4.79 Å². The lowest BCUT2D eigenvalue weighted by molar-refractivity contribution is 0.0693. The summed E-state index contributed by atoms with van der Waals surface area (Å²) in [5.41, 5.74) is 0.251. The molecule has 0 aliphatic heterocycles. The summed E-state index contributed by atoms with van der Waals surface area (Å²) < 4.78 is 5.15. The van der Waals surface area contributed by atoms with Crippen molar-refractivity contribution in [1.82, 2.24) is 4.98 Å². The quantitative estimate of drug-likeness (QED) is 0.886. The van der Waals surface area contributed by atoms with Crippen molar-refractivity contribution < 1.29 is 14.3 Å². The van der Waals surface area contributed by atoms with Crippen molar-refractivity contribution in [2.75, 3.05) is 0 Å². The van der Waals surface area contributed by atoms with Gasteiger partial charge in [0.2, 0.25) is 0 Å². The lowest BCUT2D eigenvalue weighted by Crippen LogP contribution is -1.98. The third kappa shape index (κ3) is 2.09. The van der Waals surface area contributed by atoms with Crippen LogP contribution >= 0.6 is 11.8 Å². The highest BCUT2D eigenvalue weighted by molar-refractivity contribution is 7.99. The smallest absolute Gasteiger partial charge is 0.336 e. The maximum atomic E-state index is 11.0. The van der Waals surface area contributed by atoms with Crippen LogP contribution in [-0.4, -0.2) is 16.1 Å². The number of furan rings is 1. The van der Waals surface area contributed by atoms with Gasteiger partial charge < -0.3 is 9.52 Å². The highest BCUT2D eigenvalue weighted by Crippen LogP contribution is 2.32. The topological polar surface area (TPSA) is 63.3 Å². The largest absolute Gasteiger partial charge is 0.478 e. The van der Waals surface area contributed by atoms with Crippen LogP contribution in [0.4, 0.5) is 0 Å². The molecular weight excluding hydrogens is 226 g/mol. The Labute approximate surface area is 96.3 Å². The van der Waals surface area contributed by atoms with Gasteiger partial charge in [-0.3, -0.25) is 4.98 Å². The standard InChI is InChI=1S/C11H9NO3S/c1-7-9(3-5-15-7)16-10-6-12-4-2-8(10)11(13)14/h2-6H,1H3,(H,13,14). The van der Waals surface area contributed by atoms with Crippen molar-refractivity contribution in [3.8, 4) is 0 Å². The van der Waals surface area contributed by atoms with Crippen LogP contribution in [0.5, 0.6) is 0 Å². The number of pyridine rings is 1. The predicted molar refractivity (Wildman–Crippen MR) is 58.8 cm³/mol. The van der Waals surface area contributed by atoms with Gasteiger partial charge in [0.1, 0.15) is 5.76 Å². The second-order valence-corrected chi connectivity index (χ2v) is 4.20. The molecule has 2 aromatic heterocycles. The summed E-state index contributed by atoms with van der Waals surface area (Å²) in [6, 6.07) is 3.29. The Kier molecular flexibility index (Phi) is 2.96. The molecule has 16 heavy (non-hydrogen) atoms. The van der Waals surface area contributed by atoms with E-state index in [1.807, 2.05) is 6.92 Å². The summed E-state index contributed by atoms with van der Waals surface area (Å²) in [4.78, 5) is 16.4. The first-order valence-electron chi connectivity index (χ1n) is 4.57. The molecule has 0 aliphatic carbocycles. The lowest BCUT2D eigenvalue weighted by Gasteiger charge is -2.03. The van der Waals surface area contributed by atoms with E-state index in [2.05, 4.69) is 4.98 Å². The van der Waals surface area contributed by atoms with Crippen molar-refractivity contribution in [3.63, 3.8) is 0 Å². The molecule has 0 fully saturated rings. The van der Waals surface area contributed by atoms with Gasteiger partial charge in [-0.05, 0) is 19.1 Å². The molecule has 5 heteroatoms. The van der Waals surface area contributed by atoms with Crippen LogP contribution in [0.3, 0.4) is 0 Å². The Hall–Kier alpha value is -1.75. The van der Waals surface area contributed by atoms with E-state index in [1.54, 1.807) is 18.5 Å². The summed E-state index contributed by atoms with van der Waals surface area (Å²) >= 11 is 1.34. The van der Waals surface area contributed by atoms with E-state index in [-0.39, 0.29) is 5.56 Å². The molecule has 82 valence electrons. The van der Waals surface area contributed by atoms with Gasteiger partial charge in [0.05, 0.1) is 16.7 Å². The molecule has 4 nitrogen and oxygen atoms in total. The zero-order chi connectivity index (χ0) is 11.5. The van der Waals surface area contributed by atoms with Crippen molar-refractivity contribution in [1.29, 1.82) is 0 Å². The van der Waals surface area contributed by atoms with E-state index in [4.69, 9.17) is 9.52 Å². The molecule has 2 rings (SSSR count). The average molecular weight is 235 g/mol. The second-order valence-electron chi connectivity index (χ2n) is 3.12. The van der Waals surface area contributed by atoms with Crippen LogP contribution in [0.15, 0.2) is 45.0 Å². The Morgan fingerprint density at radius 2 is 2.25 bits per heavy atom. The molecule has 0 aromatic carbocycles. The summed E-state index contributed by atoms with van der Waals surface area (Å²) in [5.74, 6) is -0.184. The highest BCUT2D eigenvalue weighted by atomic mass is 32.2. The summed E-state index contributed by atoms with van der Waals surface area (Å²) in [6.45, 7) is 1.83. The fourth-order valence-electron chi connectivity index (χ4n) is 1.24. The highest BCUT2D eigenvalue weighted by Gasteiger charge is 2.12. The SMILES string of the molecule is Cc1occc1Sc1cnccc1C(=O)O. The fraction of sp³-hybridized carbons (Fsp3) is 0.0909. The minimum absolute atomic E-state index is 0.251. The van der Waals surface area contributed by atoms with Crippen LogP contribution in [0, 0.1) is 6.92 Å². The monoisotopic (exact) mass is 235 g/mol. The number of nitrogens with zero attached hydrogens (tertiary/aromatic N) is 1. The number of carboxylic acids is 1. The van der Waals surface area contributed by atoms with Gasteiger partial charge in [-0.1, -0.05) is 11.8 Å². The fourth-order valence-corrected chi connectivity index (χ4v) is 2.17. The van der Waals surface area contributed by atoms with Crippen LogP contribution < -0.4 is 0 Å². The summed E-state index contributed by atoms with van der Waals surface area (Å²) in [6.07, 6.45) is 4.59. The number of rotatable bonds is 3. The first kappa shape index (κ1) is 10.8. The molecular formula is C11H9NO3S. The van der Waals surface area contributed by atoms with Crippen LogP contribution in [0.1, 0.15) is 16.1 Å². The van der Waals surface area contributed by atoms with Gasteiger partial charge in [0.15, 0.2) is 0 Å². The molecule has 0 saturated carbocycles. The van der Waals surface area contributed by atoms with Gasteiger partial charge in [-0.2, -0.15) is 0 Å². The zero-order valence-electron chi connectivity index (χ0n) is 8.51. The van der Waals surface area contributed by atoms with Crippen molar-refractivity contribution in [3.05, 3.63) is 42.1 Å². The van der Waals surface area contributed by atoms with Gasteiger partial charge in [0, 0.05) is 17.3 Å². The van der Waals surface area contributed by atoms with E-state index in [1.165, 1.54) is 24.0 Å². The Balaban J connectivity index is 2.35. The number of hydrogen-bond donors (Lipinski definition) is 1. The maximum absolute atomic E-state index is 11.0. The van der Waals surface area contributed by atoms with E-state index in [0.29, 0.717) is 4.90 Å². The van der Waals surface area contributed by atoms with Crippen LogP contribution in [0.2, 0.25) is 0 Å². The predicted octanol–water partition coefficient (Wildman–Crippen LogP) is 2.83. The molecule has 0 aliphatic rings. The molecule has 0 spiro atoms. The number of aromatic carboxylic acids is 1. The first-order valence-corrected chi connectivity index (χ1v) is 5.39. The Morgan fingerprint density at radius 3 is 2.88 bits per heavy atom. The van der Waals surface area contributed by atoms with Crippen molar-refractivity contribution >= 4 is 17.7 Å². The van der Waals surface area contributed by atoms with E-state index < -0.39 is 5.97 Å². The number of aryl methyl sites for hydroxylation is 1. The van der Waals surface area contributed by atoms with Gasteiger partial charge in [0.25, 0.3) is 0 Å². The normalized spacial score (nSPS) is 10.3. The maximum Gasteiger partial charge on any atom is 0.336 e. The van der Waals surface area contributed by atoms with E-state index in [0.717, 1.165) is 10.7 Å². The molecule has 2 aromatic rings. The molecule has 0 amide bonds. The van der Waals surface area contributed by atoms with Crippen molar-refractivity contribution in [2.24, 2.45) is 0 Å². The number of carbonyl (C=O) groups is 1. The van der Waals surface area contributed by atoms with E-state index >= 15 is 0 Å². The minimum atomic E-state index is -0.953. The zero-order valence-corrected chi connectivity index (χ0v) is 9.32. The van der Waals surface area contributed by atoms with Crippen LogP contribution in [0.25, 0.3) is 0 Å². The molecule has 0 atom stereocenters. The third-order valence-electron chi connectivity index (χ3n) is 2.05. The van der Waals surface area contributed by atoms with E-state index in [9.17, 15) is 4.79 Å². The number of hydrogen-bond acceptors (Lipinski definition) is 4. The van der Waals surface area contributed by atoms with Gasteiger partial charge >= 0.3 is 5.97 Å². The summed E-state index contributed by atoms with van der Waals surface area (Å²) in [5, 5.41) is 9.00. The molecule has 0 bridgehead atoms. The van der Waals surface area contributed by atoms with Crippen LogP contribution in [-0.2, 0) is 0 Å². The molecule has 1 N–H and O–H groups in total. The molecule has 0 unspecified atom stereocenters. The summed E-state index contributed by atoms with van der Waals surface area (Å²) in [7, 11) is 0. The third-order valence-corrected chi connectivity index (χ3v) is 3.23. The second kappa shape index (κ2) is 4.40. The van der Waals surface area contributed by atoms with Gasteiger partial charge in [-0.15, -0.1) is 0 Å². The Morgan fingerprint density at radius 1 is 1.44 bits per heavy atom. The number of aromatic nitrogens is 1. The minimum Gasteiger partial charge on any atom is -0.478 e. The molecule has 2 heterocycles. The Bertz CT molecular complexity index is 521. The molecule has 0 saturated heterocycles. The number of carboxylic acid groups (broad SMARTS) is 1. The first-order chi connectivity index (χ1) is 7.68. The lowest BCUT2D eigenvalue weighted by atomic mass is 10.3.